The number of rotatable bonds is 6. The molecule has 0 radical (unpaired) electrons. The first kappa shape index (κ1) is 14.7. The van der Waals surface area contributed by atoms with Gasteiger partial charge in [0.1, 0.15) is 0 Å². The van der Waals surface area contributed by atoms with E-state index in [1.807, 2.05) is 6.92 Å². The monoisotopic (exact) mass is 253 g/mol. The van der Waals surface area contributed by atoms with E-state index >= 15 is 0 Å². The van der Waals surface area contributed by atoms with Gasteiger partial charge in [0.2, 0.25) is 0 Å². The minimum Gasteiger partial charge on any atom is -0.461 e. The maximum absolute atomic E-state index is 11.6. The summed E-state index contributed by atoms with van der Waals surface area (Å²) >= 11 is 0. The Bertz CT molecular complexity index is 399. The van der Waals surface area contributed by atoms with Crippen LogP contribution in [0.2, 0.25) is 0 Å². The molecule has 1 rings (SSSR count). The molecule has 0 saturated carbocycles. The lowest BCUT2D eigenvalue weighted by molar-refractivity contribution is 0.0518. The molecule has 0 aromatic carbocycles. The molecule has 0 aliphatic carbocycles. The average Bonchev–Trinajstić information content (AvgIpc) is 2.59. The number of carbonyl (C=O) groups excluding carboxylic acids is 1. The molecule has 0 fully saturated rings. The fraction of sp³-hybridized carbons (Fsp3) is 0.769. The Morgan fingerprint density at radius 3 is 2.61 bits per heavy atom. The first-order chi connectivity index (χ1) is 8.45. The zero-order valence-electron chi connectivity index (χ0n) is 11.9. The van der Waals surface area contributed by atoms with E-state index in [4.69, 9.17) is 4.74 Å². The third-order valence-corrected chi connectivity index (χ3v) is 2.81. The van der Waals surface area contributed by atoms with Crippen LogP contribution < -0.4 is 0 Å². The van der Waals surface area contributed by atoms with Gasteiger partial charge in [-0.1, -0.05) is 26.0 Å². The Balaban J connectivity index is 2.71. The largest absolute Gasteiger partial charge is 0.461 e. The van der Waals surface area contributed by atoms with Gasteiger partial charge in [0.15, 0.2) is 5.69 Å². The van der Waals surface area contributed by atoms with Gasteiger partial charge in [-0.25, -0.2) is 9.48 Å². The summed E-state index contributed by atoms with van der Waals surface area (Å²) in [6.45, 7) is 11.4. The van der Waals surface area contributed by atoms with Crippen molar-refractivity contribution in [2.45, 2.75) is 47.6 Å². The molecule has 0 N–H and O–H groups in total. The zero-order valence-corrected chi connectivity index (χ0v) is 11.9. The minimum atomic E-state index is -0.391. The van der Waals surface area contributed by atoms with Gasteiger partial charge < -0.3 is 4.74 Å². The van der Waals surface area contributed by atoms with Crippen LogP contribution in [0.5, 0.6) is 0 Å². The van der Waals surface area contributed by atoms with Gasteiger partial charge in [-0.3, -0.25) is 0 Å². The highest BCUT2D eigenvalue weighted by Crippen LogP contribution is 2.14. The van der Waals surface area contributed by atoms with Crippen LogP contribution >= 0.6 is 0 Å². The molecule has 18 heavy (non-hydrogen) atoms. The lowest BCUT2D eigenvalue weighted by atomic mass is 9.99. The number of carbonyl (C=O) groups is 1. The van der Waals surface area contributed by atoms with Crippen molar-refractivity contribution in [3.63, 3.8) is 0 Å². The second-order valence-electron chi connectivity index (χ2n) is 5.16. The van der Waals surface area contributed by atoms with Crippen LogP contribution in [0.25, 0.3) is 0 Å². The fourth-order valence-electron chi connectivity index (χ4n) is 2.10. The van der Waals surface area contributed by atoms with Crippen molar-refractivity contribution in [2.75, 3.05) is 6.61 Å². The number of aromatic nitrogens is 3. The SMILES string of the molecule is CCOC(=O)c1nnn(CC(C)CC(C)C)c1C. The fourth-order valence-corrected chi connectivity index (χ4v) is 2.10. The lowest BCUT2D eigenvalue weighted by Gasteiger charge is -2.14. The highest BCUT2D eigenvalue weighted by molar-refractivity contribution is 5.88. The van der Waals surface area contributed by atoms with Crippen molar-refractivity contribution < 1.29 is 9.53 Å². The van der Waals surface area contributed by atoms with E-state index in [0.717, 1.165) is 18.7 Å². The summed E-state index contributed by atoms with van der Waals surface area (Å²) in [7, 11) is 0. The highest BCUT2D eigenvalue weighted by atomic mass is 16.5. The Kier molecular flexibility index (Phi) is 5.31. The van der Waals surface area contributed by atoms with Crippen LogP contribution in [0.15, 0.2) is 0 Å². The first-order valence-electron chi connectivity index (χ1n) is 6.52. The smallest absolute Gasteiger partial charge is 0.360 e. The number of hydrogen-bond donors (Lipinski definition) is 0. The van der Waals surface area contributed by atoms with Crippen molar-refractivity contribution in [2.24, 2.45) is 11.8 Å². The molecule has 0 amide bonds. The maximum Gasteiger partial charge on any atom is 0.360 e. The molecule has 1 aromatic rings. The van der Waals surface area contributed by atoms with E-state index in [-0.39, 0.29) is 0 Å². The molecule has 1 aromatic heterocycles. The number of hydrogen-bond acceptors (Lipinski definition) is 4. The summed E-state index contributed by atoms with van der Waals surface area (Å²) in [4.78, 5) is 11.6. The van der Waals surface area contributed by atoms with Crippen molar-refractivity contribution >= 4 is 5.97 Å². The Hall–Kier alpha value is -1.39. The standard InChI is InChI=1S/C13H23N3O2/c1-6-18-13(17)12-11(5)16(15-14-12)8-10(4)7-9(2)3/h9-10H,6-8H2,1-5H3. The van der Waals surface area contributed by atoms with Gasteiger partial charge >= 0.3 is 5.97 Å². The normalized spacial score (nSPS) is 12.8. The predicted molar refractivity (Wildman–Crippen MR) is 69.3 cm³/mol. The number of esters is 1. The van der Waals surface area contributed by atoms with Gasteiger partial charge in [0.25, 0.3) is 0 Å². The molecule has 0 bridgehead atoms. The van der Waals surface area contributed by atoms with Crippen LogP contribution in [-0.4, -0.2) is 27.6 Å². The van der Waals surface area contributed by atoms with Gasteiger partial charge in [-0.15, -0.1) is 5.10 Å². The zero-order chi connectivity index (χ0) is 13.7. The van der Waals surface area contributed by atoms with Crippen molar-refractivity contribution in [1.29, 1.82) is 0 Å². The van der Waals surface area contributed by atoms with E-state index in [1.54, 1.807) is 11.6 Å². The van der Waals surface area contributed by atoms with Gasteiger partial charge in [0, 0.05) is 6.54 Å². The Morgan fingerprint density at radius 2 is 2.06 bits per heavy atom. The van der Waals surface area contributed by atoms with Gasteiger partial charge in [-0.05, 0) is 32.1 Å². The molecule has 0 aliphatic heterocycles. The second kappa shape index (κ2) is 6.52. The molecule has 1 unspecified atom stereocenters. The van der Waals surface area contributed by atoms with Crippen LogP contribution in [0.4, 0.5) is 0 Å². The average molecular weight is 253 g/mol. The predicted octanol–water partition coefficient (Wildman–Crippen LogP) is 2.45. The van der Waals surface area contributed by atoms with Crippen molar-refractivity contribution in [3.8, 4) is 0 Å². The van der Waals surface area contributed by atoms with Crippen LogP contribution in [-0.2, 0) is 11.3 Å². The Morgan fingerprint density at radius 1 is 1.39 bits per heavy atom. The third-order valence-electron chi connectivity index (χ3n) is 2.81. The van der Waals surface area contributed by atoms with E-state index in [9.17, 15) is 4.79 Å². The lowest BCUT2D eigenvalue weighted by Crippen LogP contribution is -2.13. The quantitative estimate of drug-likeness (QED) is 0.731. The van der Waals surface area contributed by atoms with Crippen molar-refractivity contribution in [1.82, 2.24) is 15.0 Å². The second-order valence-corrected chi connectivity index (χ2v) is 5.16. The summed E-state index contributed by atoms with van der Waals surface area (Å²) in [5.74, 6) is 0.784. The molecule has 0 aliphatic rings. The van der Waals surface area contributed by atoms with E-state index in [0.29, 0.717) is 24.1 Å². The van der Waals surface area contributed by atoms with E-state index < -0.39 is 5.97 Å². The summed E-state index contributed by atoms with van der Waals surface area (Å²) < 4.78 is 6.73. The summed E-state index contributed by atoms with van der Waals surface area (Å²) in [6.07, 6.45) is 1.13. The van der Waals surface area contributed by atoms with Gasteiger partial charge in [0.05, 0.1) is 12.3 Å². The molecule has 1 heterocycles. The molecular weight excluding hydrogens is 230 g/mol. The topological polar surface area (TPSA) is 57.0 Å². The number of ether oxygens (including phenoxy) is 1. The highest BCUT2D eigenvalue weighted by Gasteiger charge is 2.18. The van der Waals surface area contributed by atoms with Crippen LogP contribution in [0, 0.1) is 18.8 Å². The number of nitrogens with zero attached hydrogens (tertiary/aromatic N) is 3. The summed E-state index contributed by atoms with van der Waals surface area (Å²) in [5.41, 5.74) is 1.11. The van der Waals surface area contributed by atoms with E-state index in [2.05, 4.69) is 31.1 Å². The van der Waals surface area contributed by atoms with E-state index in [1.165, 1.54) is 0 Å². The summed E-state index contributed by atoms with van der Waals surface area (Å²) in [5, 5.41) is 7.94. The Labute approximate surface area is 109 Å². The minimum absolute atomic E-state index is 0.327. The molecule has 0 spiro atoms. The molecule has 5 heteroatoms. The summed E-state index contributed by atoms with van der Waals surface area (Å²) in [6, 6.07) is 0. The van der Waals surface area contributed by atoms with Crippen LogP contribution in [0.3, 0.4) is 0 Å². The molecule has 5 nitrogen and oxygen atoms in total. The van der Waals surface area contributed by atoms with Crippen molar-refractivity contribution in [3.05, 3.63) is 11.4 Å². The third kappa shape index (κ3) is 3.82. The van der Waals surface area contributed by atoms with Crippen LogP contribution in [0.1, 0.15) is 50.3 Å². The molecular formula is C13H23N3O2. The molecule has 0 saturated heterocycles. The van der Waals surface area contributed by atoms with Gasteiger partial charge in [-0.2, -0.15) is 0 Å². The molecule has 102 valence electrons. The first-order valence-corrected chi connectivity index (χ1v) is 6.52. The maximum atomic E-state index is 11.6. The molecule has 1 atom stereocenters.